The van der Waals surface area contributed by atoms with Crippen LogP contribution in [0.3, 0.4) is 0 Å². The van der Waals surface area contributed by atoms with E-state index in [0.717, 1.165) is 11.1 Å². The van der Waals surface area contributed by atoms with E-state index in [1.165, 1.54) is 11.3 Å². The van der Waals surface area contributed by atoms with Crippen molar-refractivity contribution in [2.45, 2.75) is 20.8 Å². The number of nitrogen functional groups attached to an aromatic ring is 1. The van der Waals surface area contributed by atoms with Gasteiger partial charge in [0.15, 0.2) is 0 Å². The Morgan fingerprint density at radius 1 is 1.23 bits per heavy atom. The van der Waals surface area contributed by atoms with Crippen molar-refractivity contribution < 1.29 is 14.4 Å². The van der Waals surface area contributed by atoms with Gasteiger partial charge in [-0.25, -0.2) is 9.78 Å². The van der Waals surface area contributed by atoms with E-state index in [0.29, 0.717) is 41.6 Å². The molecule has 8 nitrogen and oxygen atoms in total. The smallest absolute Gasteiger partial charge is 0.330 e. The summed E-state index contributed by atoms with van der Waals surface area (Å²) in [5.41, 5.74) is 12.3. The Kier molecular flexibility index (Phi) is 4.76. The quantitative estimate of drug-likeness (QED) is 0.835. The number of piperazine rings is 1. The number of hydrogen-bond acceptors (Lipinski definition) is 8. The van der Waals surface area contributed by atoms with Gasteiger partial charge >= 0.3 is 5.97 Å². The molecule has 1 saturated heterocycles. The lowest BCUT2D eigenvalue weighted by molar-refractivity contribution is -0.201. The molecule has 1 aliphatic rings. The molecule has 1 amide bonds. The Bertz CT molecular complexity index is 850. The van der Waals surface area contributed by atoms with E-state index in [1.54, 1.807) is 11.3 Å². The highest BCUT2D eigenvalue weighted by molar-refractivity contribution is 7.21. The van der Waals surface area contributed by atoms with Crippen molar-refractivity contribution in [3.8, 4) is 0 Å². The second kappa shape index (κ2) is 6.73. The average Bonchev–Trinajstić information content (AvgIpc) is 2.92. The lowest BCUT2D eigenvalue weighted by Crippen LogP contribution is -2.48. The van der Waals surface area contributed by atoms with Crippen LogP contribution in [0.1, 0.15) is 30.4 Å². The Hall–Kier alpha value is -2.39. The van der Waals surface area contributed by atoms with E-state index in [4.69, 9.17) is 16.3 Å². The fraction of sp³-hybridized carbons (Fsp3) is 0.471. The number of aromatic nitrogens is 1. The van der Waals surface area contributed by atoms with Crippen LogP contribution in [0.4, 0.5) is 11.4 Å². The maximum absolute atomic E-state index is 12.0. The number of carbonyl (C=O) groups excluding carboxylic acids is 2. The molecule has 0 bridgehead atoms. The predicted molar refractivity (Wildman–Crippen MR) is 102 cm³/mol. The Morgan fingerprint density at radius 2 is 1.88 bits per heavy atom. The molecule has 140 valence electrons. The summed E-state index contributed by atoms with van der Waals surface area (Å²) in [7, 11) is 0. The number of fused-ring (bicyclic) bond motifs is 1. The number of nitrogens with two attached hydrogens (primary N) is 2. The summed E-state index contributed by atoms with van der Waals surface area (Å²) in [5, 5.41) is 2.44. The van der Waals surface area contributed by atoms with Crippen molar-refractivity contribution in [3.63, 3.8) is 0 Å². The number of primary amides is 1. The minimum Gasteiger partial charge on any atom is -0.397 e. The van der Waals surface area contributed by atoms with Crippen LogP contribution in [-0.2, 0) is 9.63 Å². The molecule has 1 fully saturated rings. The zero-order chi connectivity index (χ0) is 19.1. The highest BCUT2D eigenvalue weighted by Crippen LogP contribution is 2.38. The molecule has 0 radical (unpaired) electrons. The van der Waals surface area contributed by atoms with Gasteiger partial charge in [-0.15, -0.1) is 16.4 Å². The van der Waals surface area contributed by atoms with E-state index < -0.39 is 11.3 Å². The number of carbonyl (C=O) groups is 2. The predicted octanol–water partition coefficient (Wildman–Crippen LogP) is 1.60. The summed E-state index contributed by atoms with van der Waals surface area (Å²) in [6.45, 7) is 7.98. The molecule has 0 aromatic carbocycles. The SMILES string of the molecule is CC(C)(C)C(=O)ON1CCN(c2ccnc3sc(C(N)=O)c(N)c23)CC1. The molecule has 9 heteroatoms. The van der Waals surface area contributed by atoms with E-state index >= 15 is 0 Å². The van der Waals surface area contributed by atoms with Crippen LogP contribution in [0.15, 0.2) is 12.3 Å². The molecule has 3 rings (SSSR count). The number of anilines is 2. The van der Waals surface area contributed by atoms with Gasteiger partial charge in [0.05, 0.1) is 35.3 Å². The maximum Gasteiger partial charge on any atom is 0.330 e. The molecule has 26 heavy (non-hydrogen) atoms. The van der Waals surface area contributed by atoms with E-state index in [-0.39, 0.29) is 5.97 Å². The lowest BCUT2D eigenvalue weighted by atomic mass is 9.98. The number of amides is 1. The van der Waals surface area contributed by atoms with Crippen molar-refractivity contribution in [1.82, 2.24) is 10.0 Å². The first kappa shape index (κ1) is 18.4. The summed E-state index contributed by atoms with van der Waals surface area (Å²) >= 11 is 1.20. The van der Waals surface area contributed by atoms with Gasteiger partial charge in [0.2, 0.25) is 0 Å². The van der Waals surface area contributed by atoms with Crippen LogP contribution >= 0.6 is 11.3 Å². The van der Waals surface area contributed by atoms with Gasteiger partial charge in [0.25, 0.3) is 5.91 Å². The zero-order valence-corrected chi connectivity index (χ0v) is 15.9. The second-order valence-corrected chi connectivity index (χ2v) is 8.26. The third-order valence-corrected chi connectivity index (χ3v) is 5.36. The first-order valence-corrected chi connectivity index (χ1v) is 9.19. The van der Waals surface area contributed by atoms with Gasteiger partial charge in [0.1, 0.15) is 9.71 Å². The number of hydrogen-bond donors (Lipinski definition) is 2. The first-order valence-electron chi connectivity index (χ1n) is 8.37. The van der Waals surface area contributed by atoms with Gasteiger partial charge in [-0.3, -0.25) is 4.79 Å². The molecular formula is C17H23N5O3S. The standard InChI is InChI=1S/C17H23N5O3S/c1-17(2,3)16(24)25-22-8-6-21(7-9-22)10-4-5-20-15-11(10)12(18)13(26-15)14(19)23/h4-5H,6-9,18H2,1-3H3,(H2,19,23). The Morgan fingerprint density at radius 3 is 2.46 bits per heavy atom. The van der Waals surface area contributed by atoms with Crippen molar-refractivity contribution in [1.29, 1.82) is 0 Å². The molecule has 0 aliphatic carbocycles. The highest BCUT2D eigenvalue weighted by atomic mass is 32.1. The number of rotatable bonds is 3. The zero-order valence-electron chi connectivity index (χ0n) is 15.1. The fourth-order valence-corrected chi connectivity index (χ4v) is 3.69. The molecule has 2 aromatic rings. The molecule has 0 spiro atoms. The van der Waals surface area contributed by atoms with E-state index in [9.17, 15) is 9.59 Å². The first-order chi connectivity index (χ1) is 12.2. The van der Waals surface area contributed by atoms with Gasteiger partial charge < -0.3 is 21.2 Å². The Labute approximate surface area is 155 Å². The van der Waals surface area contributed by atoms with Gasteiger partial charge in [-0.2, -0.15) is 0 Å². The van der Waals surface area contributed by atoms with E-state index in [2.05, 4.69) is 9.88 Å². The summed E-state index contributed by atoms with van der Waals surface area (Å²) in [6, 6.07) is 1.88. The number of pyridine rings is 1. The van der Waals surface area contributed by atoms with Gasteiger partial charge in [-0.1, -0.05) is 0 Å². The number of thiophene rings is 1. The minimum atomic E-state index is -0.546. The minimum absolute atomic E-state index is 0.245. The second-order valence-electron chi connectivity index (χ2n) is 7.26. The van der Waals surface area contributed by atoms with Crippen molar-refractivity contribution in [2.24, 2.45) is 11.1 Å². The Balaban J connectivity index is 1.78. The number of hydroxylamine groups is 2. The number of nitrogens with zero attached hydrogens (tertiary/aromatic N) is 3. The van der Waals surface area contributed by atoms with Crippen LogP contribution in [0, 0.1) is 5.41 Å². The van der Waals surface area contributed by atoms with Crippen LogP contribution in [0.5, 0.6) is 0 Å². The molecule has 0 atom stereocenters. The largest absolute Gasteiger partial charge is 0.397 e. The summed E-state index contributed by atoms with van der Waals surface area (Å²) < 4.78 is 0. The summed E-state index contributed by atoms with van der Waals surface area (Å²) in [4.78, 5) is 36.5. The molecule has 4 N–H and O–H groups in total. The van der Waals surface area contributed by atoms with E-state index in [1.807, 2.05) is 26.8 Å². The third-order valence-electron chi connectivity index (χ3n) is 4.23. The highest BCUT2D eigenvalue weighted by Gasteiger charge is 2.29. The van der Waals surface area contributed by atoms with Crippen LogP contribution in [0.2, 0.25) is 0 Å². The van der Waals surface area contributed by atoms with Gasteiger partial charge in [0, 0.05) is 19.3 Å². The third kappa shape index (κ3) is 3.45. The summed E-state index contributed by atoms with van der Waals surface area (Å²) in [5.74, 6) is -0.791. The monoisotopic (exact) mass is 377 g/mol. The molecule has 0 unspecified atom stereocenters. The normalized spacial score (nSPS) is 16.0. The molecule has 3 heterocycles. The maximum atomic E-state index is 12.0. The molecule has 1 aliphatic heterocycles. The van der Waals surface area contributed by atoms with Crippen LogP contribution in [0.25, 0.3) is 10.2 Å². The lowest BCUT2D eigenvalue weighted by Gasteiger charge is -2.36. The van der Waals surface area contributed by atoms with Crippen LogP contribution in [-0.4, -0.2) is 48.1 Å². The topological polar surface area (TPSA) is 115 Å². The summed E-state index contributed by atoms with van der Waals surface area (Å²) in [6.07, 6.45) is 1.70. The van der Waals surface area contributed by atoms with Crippen molar-refractivity contribution in [3.05, 3.63) is 17.1 Å². The molecule has 2 aromatic heterocycles. The fourth-order valence-electron chi connectivity index (χ4n) is 2.75. The van der Waals surface area contributed by atoms with Crippen molar-refractivity contribution >= 4 is 44.8 Å². The van der Waals surface area contributed by atoms with Crippen LogP contribution < -0.4 is 16.4 Å². The molecule has 0 saturated carbocycles. The van der Waals surface area contributed by atoms with Crippen molar-refractivity contribution in [2.75, 3.05) is 36.8 Å². The van der Waals surface area contributed by atoms with Gasteiger partial charge in [-0.05, 0) is 26.8 Å². The molecular weight excluding hydrogens is 354 g/mol. The average molecular weight is 377 g/mol.